The zero-order chi connectivity index (χ0) is 6.15. The van der Waals surface area contributed by atoms with Gasteiger partial charge in [-0.1, -0.05) is 0 Å². The van der Waals surface area contributed by atoms with E-state index in [2.05, 4.69) is 9.39 Å². The van der Waals surface area contributed by atoms with E-state index in [1.54, 1.807) is 4.67 Å². The lowest BCUT2D eigenvalue weighted by molar-refractivity contribution is -0.124. The van der Waals surface area contributed by atoms with Gasteiger partial charge >= 0.3 is 0 Å². The molecule has 4 heteroatoms. The van der Waals surface area contributed by atoms with Crippen molar-refractivity contribution >= 4 is 15.3 Å². The monoisotopic (exact) mass is 132 g/mol. The van der Waals surface area contributed by atoms with Crippen molar-refractivity contribution in [1.29, 1.82) is 0 Å². The van der Waals surface area contributed by atoms with Crippen LogP contribution in [0.1, 0.15) is 6.42 Å². The van der Waals surface area contributed by atoms with Crippen molar-refractivity contribution in [1.82, 2.24) is 4.67 Å². The number of nitrogens with zero attached hydrogens (tertiary/aromatic N) is 1. The smallest absolute Gasteiger partial charge is 0.242 e. The third-order valence-electron chi connectivity index (χ3n) is 1.28. The number of carbonyl (C=O) groups excluding carboxylic acids is 1. The molecule has 46 valence electrons. The molecule has 2 unspecified atom stereocenters. The van der Waals surface area contributed by atoms with Crippen molar-refractivity contribution in [2.75, 3.05) is 6.54 Å². The van der Waals surface area contributed by atoms with Crippen LogP contribution >= 0.6 is 9.39 Å². The van der Waals surface area contributed by atoms with Crippen molar-refractivity contribution in [3.05, 3.63) is 0 Å². The highest BCUT2D eigenvalue weighted by molar-refractivity contribution is 7.14. The van der Waals surface area contributed by atoms with Crippen LogP contribution in [-0.2, 0) is 4.79 Å². The van der Waals surface area contributed by atoms with Crippen molar-refractivity contribution in [2.24, 2.45) is 5.73 Å². The van der Waals surface area contributed by atoms with Gasteiger partial charge in [-0.05, 0) is 15.8 Å². The summed E-state index contributed by atoms with van der Waals surface area (Å²) < 4.78 is 1.57. The first kappa shape index (κ1) is 5.99. The molecule has 1 saturated heterocycles. The van der Waals surface area contributed by atoms with E-state index in [0.29, 0.717) is 0 Å². The summed E-state index contributed by atoms with van der Waals surface area (Å²) in [6.07, 6.45) is 0.794. The number of hydrogen-bond acceptors (Lipinski definition) is 2. The fourth-order valence-corrected chi connectivity index (χ4v) is 1.07. The van der Waals surface area contributed by atoms with E-state index in [9.17, 15) is 4.79 Å². The molecule has 0 spiro atoms. The first-order valence-electron chi connectivity index (χ1n) is 2.53. The summed E-state index contributed by atoms with van der Waals surface area (Å²) in [6.45, 7) is 0.782. The third kappa shape index (κ3) is 0.837. The minimum absolute atomic E-state index is 0.0370. The molecule has 2 atom stereocenters. The zero-order valence-electron chi connectivity index (χ0n) is 4.50. The van der Waals surface area contributed by atoms with Crippen molar-refractivity contribution < 1.29 is 4.79 Å². The van der Waals surface area contributed by atoms with Crippen LogP contribution in [0.2, 0.25) is 0 Å². The lowest BCUT2D eigenvalue weighted by Gasteiger charge is -2.04. The molecule has 0 bridgehead atoms. The number of carbonyl (C=O) groups is 1. The molecule has 0 aliphatic carbocycles. The molecule has 3 nitrogen and oxygen atoms in total. The van der Waals surface area contributed by atoms with E-state index in [-0.39, 0.29) is 11.9 Å². The predicted octanol–water partition coefficient (Wildman–Crippen LogP) is -0.664. The SMILES string of the molecule is NC1CCN(P)C1=O. The quantitative estimate of drug-likeness (QED) is 0.444. The van der Waals surface area contributed by atoms with Crippen LogP contribution < -0.4 is 5.73 Å². The average molecular weight is 132 g/mol. The predicted molar refractivity (Wildman–Crippen MR) is 34.0 cm³/mol. The van der Waals surface area contributed by atoms with Crippen LogP contribution in [0.15, 0.2) is 0 Å². The van der Waals surface area contributed by atoms with Gasteiger partial charge in [0.15, 0.2) is 0 Å². The maximum absolute atomic E-state index is 10.7. The largest absolute Gasteiger partial charge is 0.326 e. The van der Waals surface area contributed by atoms with Crippen LogP contribution in [0.5, 0.6) is 0 Å². The highest BCUT2D eigenvalue weighted by Gasteiger charge is 2.24. The Kier molecular flexibility index (Phi) is 1.49. The Morgan fingerprint density at radius 3 is 2.62 bits per heavy atom. The minimum Gasteiger partial charge on any atom is -0.326 e. The Morgan fingerprint density at radius 2 is 2.50 bits per heavy atom. The molecule has 1 aliphatic rings. The standard InChI is InChI=1S/C4H9N2OP/c5-3-1-2-6(8)4(3)7/h3H,1-2,5,8H2. The van der Waals surface area contributed by atoms with Gasteiger partial charge < -0.3 is 10.4 Å². The number of hydrogen-bond donors (Lipinski definition) is 1. The lowest BCUT2D eigenvalue weighted by atomic mass is 10.3. The summed E-state index contributed by atoms with van der Waals surface area (Å²) in [7, 11) is 2.34. The first-order valence-corrected chi connectivity index (χ1v) is 3.05. The van der Waals surface area contributed by atoms with Gasteiger partial charge in [0.2, 0.25) is 5.91 Å². The second-order valence-corrected chi connectivity index (χ2v) is 2.55. The van der Waals surface area contributed by atoms with Gasteiger partial charge in [0.05, 0.1) is 6.04 Å². The van der Waals surface area contributed by atoms with E-state index < -0.39 is 0 Å². The highest BCUT2D eigenvalue weighted by atomic mass is 31.0. The maximum Gasteiger partial charge on any atom is 0.242 e. The average Bonchev–Trinajstić information content (AvgIpc) is 1.98. The first-order chi connectivity index (χ1) is 3.72. The molecule has 1 aliphatic heterocycles. The summed E-state index contributed by atoms with van der Waals surface area (Å²) in [4.78, 5) is 10.7. The number of rotatable bonds is 0. The van der Waals surface area contributed by atoms with Gasteiger partial charge in [-0.25, -0.2) is 0 Å². The van der Waals surface area contributed by atoms with Gasteiger partial charge in [-0.3, -0.25) is 4.79 Å². The van der Waals surface area contributed by atoms with Crippen molar-refractivity contribution in [3.8, 4) is 0 Å². The van der Waals surface area contributed by atoms with Gasteiger partial charge in [0.1, 0.15) is 0 Å². The fourth-order valence-electron chi connectivity index (χ4n) is 0.725. The van der Waals surface area contributed by atoms with Crippen LogP contribution in [0.25, 0.3) is 0 Å². The summed E-state index contributed by atoms with van der Waals surface area (Å²) in [5.41, 5.74) is 5.36. The molecule has 1 heterocycles. The Balaban J connectivity index is 2.57. The second-order valence-electron chi connectivity index (χ2n) is 1.93. The van der Waals surface area contributed by atoms with Gasteiger partial charge in [-0.15, -0.1) is 0 Å². The molecule has 0 aromatic rings. The van der Waals surface area contributed by atoms with Crippen LogP contribution in [0, 0.1) is 0 Å². The number of amides is 1. The Morgan fingerprint density at radius 1 is 1.88 bits per heavy atom. The third-order valence-corrected chi connectivity index (χ3v) is 1.79. The number of nitrogens with two attached hydrogens (primary N) is 1. The Hall–Kier alpha value is -0.140. The molecule has 2 N–H and O–H groups in total. The van der Waals surface area contributed by atoms with E-state index in [1.165, 1.54) is 0 Å². The summed E-state index contributed by atoms with van der Waals surface area (Å²) >= 11 is 0. The van der Waals surface area contributed by atoms with E-state index in [4.69, 9.17) is 5.73 Å². The van der Waals surface area contributed by atoms with E-state index in [1.807, 2.05) is 0 Å². The van der Waals surface area contributed by atoms with Gasteiger partial charge in [0, 0.05) is 6.54 Å². The maximum atomic E-state index is 10.7. The van der Waals surface area contributed by atoms with Crippen LogP contribution in [0.3, 0.4) is 0 Å². The van der Waals surface area contributed by atoms with E-state index in [0.717, 1.165) is 13.0 Å². The Labute approximate surface area is 50.5 Å². The minimum atomic E-state index is -0.243. The van der Waals surface area contributed by atoms with E-state index >= 15 is 0 Å². The molecule has 0 radical (unpaired) electrons. The van der Waals surface area contributed by atoms with Crippen molar-refractivity contribution in [2.45, 2.75) is 12.5 Å². The van der Waals surface area contributed by atoms with Gasteiger partial charge in [0.25, 0.3) is 0 Å². The molecule has 1 fully saturated rings. The van der Waals surface area contributed by atoms with Crippen LogP contribution in [-0.4, -0.2) is 23.2 Å². The zero-order valence-corrected chi connectivity index (χ0v) is 5.66. The summed E-state index contributed by atoms with van der Waals surface area (Å²) in [5.74, 6) is 0.0370. The molecular weight excluding hydrogens is 123 g/mol. The molecule has 0 aromatic carbocycles. The molecule has 1 rings (SSSR count). The fraction of sp³-hybridized carbons (Fsp3) is 0.750. The molecule has 8 heavy (non-hydrogen) atoms. The molecule has 1 amide bonds. The normalized spacial score (nSPS) is 29.5. The second kappa shape index (κ2) is 2.00. The van der Waals surface area contributed by atoms with Crippen LogP contribution in [0.4, 0.5) is 0 Å². The molecule has 0 aromatic heterocycles. The summed E-state index contributed by atoms with van der Waals surface area (Å²) in [5, 5.41) is 0. The highest BCUT2D eigenvalue weighted by Crippen LogP contribution is 2.12. The summed E-state index contributed by atoms with van der Waals surface area (Å²) in [6, 6.07) is -0.243. The van der Waals surface area contributed by atoms with Crippen molar-refractivity contribution in [3.63, 3.8) is 0 Å². The topological polar surface area (TPSA) is 46.3 Å². The molecular formula is C4H9N2OP. The Bertz CT molecular complexity index is 105. The lowest BCUT2D eigenvalue weighted by Crippen LogP contribution is -2.28. The molecule has 0 saturated carbocycles. The van der Waals surface area contributed by atoms with Gasteiger partial charge in [-0.2, -0.15) is 0 Å².